The fourth-order valence-corrected chi connectivity index (χ4v) is 1.91. The molecule has 1 atom stereocenters. The maximum absolute atomic E-state index is 12.9. The molecule has 2 aromatic carbocycles. The average molecular weight is 218 g/mol. The van der Waals surface area contributed by atoms with Crippen molar-refractivity contribution in [2.24, 2.45) is 0 Å². The Morgan fingerprint density at radius 2 is 1.60 bits per heavy atom. The van der Waals surface area contributed by atoms with Crippen molar-refractivity contribution in [3.8, 4) is 0 Å². The van der Waals surface area contributed by atoms with E-state index in [9.17, 15) is 4.39 Å². The summed E-state index contributed by atoms with van der Waals surface area (Å²) in [7, 11) is 2.67. The predicted octanol–water partition coefficient (Wildman–Crippen LogP) is 2.92. The first kappa shape index (κ1) is 10.3. The van der Waals surface area contributed by atoms with E-state index in [4.69, 9.17) is 0 Å². The summed E-state index contributed by atoms with van der Waals surface area (Å²) in [5, 5.41) is 1.16. The van der Waals surface area contributed by atoms with Crippen LogP contribution in [0.4, 0.5) is 4.39 Å². The van der Waals surface area contributed by atoms with Gasteiger partial charge in [0.25, 0.3) is 0 Å². The lowest BCUT2D eigenvalue weighted by Gasteiger charge is -2.02. The average Bonchev–Trinajstić information content (AvgIpc) is 2.17. The summed E-state index contributed by atoms with van der Waals surface area (Å²) >= 11 is 0. The monoisotopic (exact) mass is 218 g/mol. The molecular formula is C13H12FP. The van der Waals surface area contributed by atoms with Gasteiger partial charge in [-0.25, -0.2) is 4.39 Å². The smallest absolute Gasteiger partial charge is 0.123 e. The van der Waals surface area contributed by atoms with Crippen molar-refractivity contribution in [3.63, 3.8) is 0 Å². The van der Waals surface area contributed by atoms with Gasteiger partial charge in [-0.05, 0) is 35.0 Å². The number of benzene rings is 2. The van der Waals surface area contributed by atoms with Crippen LogP contribution < -0.4 is 5.30 Å². The highest BCUT2D eigenvalue weighted by Crippen LogP contribution is 2.10. The molecule has 0 aliphatic carbocycles. The van der Waals surface area contributed by atoms with Gasteiger partial charge in [-0.1, -0.05) is 36.4 Å². The first-order valence-corrected chi connectivity index (χ1v) is 5.40. The largest absolute Gasteiger partial charge is 0.207 e. The normalized spacial score (nSPS) is 10.3. The minimum absolute atomic E-state index is 0.172. The highest BCUT2D eigenvalue weighted by Gasteiger charge is 1.97. The standard InChI is InChI=1S/C13H12FP/c14-12-5-1-3-10(8-12)7-11-4-2-6-13(15)9-11/h1-6,8-9H,7,15H2. The molecule has 0 saturated heterocycles. The van der Waals surface area contributed by atoms with E-state index in [2.05, 4.69) is 21.4 Å². The summed E-state index contributed by atoms with van der Waals surface area (Å²) < 4.78 is 12.9. The highest BCUT2D eigenvalue weighted by atomic mass is 31.0. The first-order chi connectivity index (χ1) is 7.24. The van der Waals surface area contributed by atoms with E-state index in [-0.39, 0.29) is 5.82 Å². The van der Waals surface area contributed by atoms with Crippen LogP contribution in [-0.2, 0) is 6.42 Å². The minimum atomic E-state index is -0.172. The Hall–Kier alpha value is -1.20. The van der Waals surface area contributed by atoms with Crippen molar-refractivity contribution in [3.05, 3.63) is 65.5 Å². The van der Waals surface area contributed by atoms with Crippen LogP contribution >= 0.6 is 9.24 Å². The van der Waals surface area contributed by atoms with E-state index in [1.165, 1.54) is 11.6 Å². The summed E-state index contributed by atoms with van der Waals surface area (Å²) in [5.74, 6) is -0.172. The van der Waals surface area contributed by atoms with Gasteiger partial charge in [0.2, 0.25) is 0 Å². The third-order valence-electron chi connectivity index (χ3n) is 2.25. The molecule has 0 heterocycles. The molecule has 0 bridgehead atoms. The fourth-order valence-electron chi connectivity index (χ4n) is 1.59. The zero-order valence-electron chi connectivity index (χ0n) is 8.28. The molecule has 2 heteroatoms. The predicted molar refractivity (Wildman–Crippen MR) is 65.0 cm³/mol. The topological polar surface area (TPSA) is 0 Å². The Morgan fingerprint density at radius 1 is 0.933 bits per heavy atom. The second-order valence-electron chi connectivity index (χ2n) is 3.55. The van der Waals surface area contributed by atoms with E-state index < -0.39 is 0 Å². The van der Waals surface area contributed by atoms with Crippen molar-refractivity contribution >= 4 is 14.5 Å². The Kier molecular flexibility index (Phi) is 3.13. The molecule has 15 heavy (non-hydrogen) atoms. The van der Waals surface area contributed by atoms with Crippen LogP contribution in [0.5, 0.6) is 0 Å². The van der Waals surface area contributed by atoms with Gasteiger partial charge >= 0.3 is 0 Å². The van der Waals surface area contributed by atoms with Gasteiger partial charge in [0.1, 0.15) is 5.82 Å². The van der Waals surface area contributed by atoms with E-state index in [0.29, 0.717) is 0 Å². The summed E-state index contributed by atoms with van der Waals surface area (Å²) in [6.45, 7) is 0. The molecule has 0 fully saturated rings. The molecule has 1 unspecified atom stereocenters. The summed E-state index contributed by atoms with van der Waals surface area (Å²) in [4.78, 5) is 0. The lowest BCUT2D eigenvalue weighted by Crippen LogP contribution is -1.94. The third kappa shape index (κ3) is 2.87. The van der Waals surface area contributed by atoms with Gasteiger partial charge in [-0.15, -0.1) is 9.24 Å². The van der Waals surface area contributed by atoms with Crippen LogP contribution in [-0.4, -0.2) is 0 Å². The zero-order chi connectivity index (χ0) is 10.7. The lowest BCUT2D eigenvalue weighted by atomic mass is 10.1. The molecule has 0 N–H and O–H groups in total. The second kappa shape index (κ2) is 4.55. The first-order valence-electron chi connectivity index (χ1n) is 4.83. The van der Waals surface area contributed by atoms with Crippen molar-refractivity contribution in [2.45, 2.75) is 6.42 Å². The maximum Gasteiger partial charge on any atom is 0.123 e. The van der Waals surface area contributed by atoms with Crippen LogP contribution in [0.15, 0.2) is 48.5 Å². The molecule has 0 aliphatic rings. The molecule has 0 aliphatic heterocycles. The minimum Gasteiger partial charge on any atom is -0.207 e. The van der Waals surface area contributed by atoms with Gasteiger partial charge < -0.3 is 0 Å². The van der Waals surface area contributed by atoms with Crippen LogP contribution in [0, 0.1) is 5.82 Å². The SMILES string of the molecule is Fc1cccc(Cc2cccc(P)c2)c1. The van der Waals surface area contributed by atoms with Crippen LogP contribution in [0.1, 0.15) is 11.1 Å². The van der Waals surface area contributed by atoms with E-state index in [1.54, 1.807) is 12.1 Å². The van der Waals surface area contributed by atoms with Crippen LogP contribution in [0.2, 0.25) is 0 Å². The molecule has 0 amide bonds. The van der Waals surface area contributed by atoms with E-state index in [1.807, 2.05) is 18.2 Å². The van der Waals surface area contributed by atoms with Gasteiger partial charge in [0.15, 0.2) is 0 Å². The van der Waals surface area contributed by atoms with Gasteiger partial charge in [0, 0.05) is 0 Å². The van der Waals surface area contributed by atoms with Crippen LogP contribution in [0.3, 0.4) is 0 Å². The second-order valence-corrected chi connectivity index (χ2v) is 4.22. The van der Waals surface area contributed by atoms with Crippen molar-refractivity contribution in [1.82, 2.24) is 0 Å². The molecular weight excluding hydrogens is 206 g/mol. The highest BCUT2D eigenvalue weighted by molar-refractivity contribution is 7.27. The lowest BCUT2D eigenvalue weighted by molar-refractivity contribution is 0.626. The number of rotatable bonds is 2. The molecule has 2 rings (SSSR count). The van der Waals surface area contributed by atoms with Crippen LogP contribution in [0.25, 0.3) is 0 Å². The third-order valence-corrected chi connectivity index (χ3v) is 2.61. The quantitative estimate of drug-likeness (QED) is 0.680. The Balaban J connectivity index is 2.22. The molecule has 0 radical (unpaired) electrons. The number of hydrogen-bond donors (Lipinski definition) is 0. The van der Waals surface area contributed by atoms with Crippen molar-refractivity contribution < 1.29 is 4.39 Å². The molecule has 0 nitrogen and oxygen atoms in total. The summed E-state index contributed by atoms with van der Waals surface area (Å²) in [6, 6.07) is 14.9. The Labute approximate surface area is 91.3 Å². The molecule has 0 saturated carbocycles. The summed E-state index contributed by atoms with van der Waals surface area (Å²) in [5.41, 5.74) is 2.21. The molecule has 2 aromatic rings. The Bertz CT molecular complexity index is 422. The fraction of sp³-hybridized carbons (Fsp3) is 0.0769. The number of hydrogen-bond acceptors (Lipinski definition) is 0. The Morgan fingerprint density at radius 3 is 2.27 bits per heavy atom. The molecule has 76 valence electrons. The number of halogens is 1. The van der Waals surface area contributed by atoms with Crippen molar-refractivity contribution in [2.75, 3.05) is 0 Å². The van der Waals surface area contributed by atoms with Crippen molar-refractivity contribution in [1.29, 1.82) is 0 Å². The van der Waals surface area contributed by atoms with Gasteiger partial charge in [0.05, 0.1) is 0 Å². The molecule has 0 aromatic heterocycles. The van der Waals surface area contributed by atoms with Gasteiger partial charge in [-0.2, -0.15) is 0 Å². The summed E-state index contributed by atoms with van der Waals surface area (Å²) in [6.07, 6.45) is 0.778. The zero-order valence-corrected chi connectivity index (χ0v) is 9.44. The van der Waals surface area contributed by atoms with Gasteiger partial charge in [-0.3, -0.25) is 0 Å². The van der Waals surface area contributed by atoms with E-state index >= 15 is 0 Å². The molecule has 0 spiro atoms. The van der Waals surface area contributed by atoms with E-state index in [0.717, 1.165) is 17.3 Å². The maximum atomic E-state index is 12.9.